The highest BCUT2D eigenvalue weighted by Crippen LogP contribution is 2.30. The van der Waals surface area contributed by atoms with Crippen molar-refractivity contribution in [2.24, 2.45) is 5.92 Å². The van der Waals surface area contributed by atoms with Crippen LogP contribution in [0.25, 0.3) is 0 Å². The van der Waals surface area contributed by atoms with Crippen LogP contribution in [0.5, 0.6) is 11.5 Å². The average molecular weight is 487 g/mol. The smallest absolute Gasteiger partial charge is 0.224 e. The van der Waals surface area contributed by atoms with Gasteiger partial charge in [-0.05, 0) is 53.9 Å². The van der Waals surface area contributed by atoms with Gasteiger partial charge in [-0.1, -0.05) is 55.2 Å². The van der Waals surface area contributed by atoms with E-state index in [1.54, 1.807) is 19.2 Å². The Kier molecular flexibility index (Phi) is 8.87. The van der Waals surface area contributed by atoms with Crippen molar-refractivity contribution >= 4 is 40.5 Å². The van der Waals surface area contributed by atoms with Gasteiger partial charge in [0.05, 0.1) is 7.11 Å². The van der Waals surface area contributed by atoms with Crippen LogP contribution in [-0.2, 0) is 17.9 Å². The maximum absolute atomic E-state index is 12.0. The summed E-state index contributed by atoms with van der Waals surface area (Å²) in [6, 6.07) is 18.8. The Morgan fingerprint density at radius 3 is 2.48 bits per heavy atom. The van der Waals surface area contributed by atoms with Crippen LogP contribution >= 0.6 is 23.2 Å². The standard InChI is InChI=1S/C26H28Cl2N2O3/c1-17(2)11-26(31)30-22-6-4-5-21(14-22)29-15-18-7-10-24(25(12-18)32-3)33-16-19-8-9-20(27)13-23(19)28/h4-10,12-14,17,29H,11,15-16H2,1-3H3,(H,30,31). The van der Waals surface area contributed by atoms with Crippen molar-refractivity contribution in [2.45, 2.75) is 33.4 Å². The summed E-state index contributed by atoms with van der Waals surface area (Å²) in [5, 5.41) is 7.46. The maximum atomic E-state index is 12.0. The van der Waals surface area contributed by atoms with Crippen molar-refractivity contribution in [3.63, 3.8) is 0 Å². The maximum Gasteiger partial charge on any atom is 0.224 e. The first kappa shape index (κ1) is 24.7. The second-order valence-electron chi connectivity index (χ2n) is 8.09. The van der Waals surface area contributed by atoms with E-state index in [4.69, 9.17) is 32.7 Å². The number of rotatable bonds is 10. The van der Waals surface area contributed by atoms with Gasteiger partial charge in [0.25, 0.3) is 0 Å². The quantitative estimate of drug-likeness (QED) is 0.318. The molecular weight excluding hydrogens is 459 g/mol. The Balaban J connectivity index is 1.60. The molecule has 0 aromatic heterocycles. The number of carbonyl (C=O) groups excluding carboxylic acids is 1. The molecule has 7 heteroatoms. The summed E-state index contributed by atoms with van der Waals surface area (Å²) in [6.07, 6.45) is 0.496. The molecule has 33 heavy (non-hydrogen) atoms. The minimum absolute atomic E-state index is 0.0161. The van der Waals surface area contributed by atoms with Gasteiger partial charge in [0.2, 0.25) is 5.91 Å². The van der Waals surface area contributed by atoms with Crippen molar-refractivity contribution in [1.82, 2.24) is 0 Å². The first-order chi connectivity index (χ1) is 15.8. The zero-order valence-electron chi connectivity index (χ0n) is 19.0. The van der Waals surface area contributed by atoms with Crippen LogP contribution in [0.4, 0.5) is 11.4 Å². The Hall–Kier alpha value is -2.89. The number of carbonyl (C=O) groups is 1. The predicted molar refractivity (Wildman–Crippen MR) is 136 cm³/mol. The van der Waals surface area contributed by atoms with Gasteiger partial charge in [0.15, 0.2) is 11.5 Å². The molecule has 3 rings (SSSR count). The van der Waals surface area contributed by atoms with Crippen molar-refractivity contribution in [1.29, 1.82) is 0 Å². The zero-order valence-corrected chi connectivity index (χ0v) is 20.5. The summed E-state index contributed by atoms with van der Waals surface area (Å²) in [4.78, 5) is 12.0. The number of ether oxygens (including phenoxy) is 2. The molecule has 0 saturated carbocycles. The van der Waals surface area contributed by atoms with Gasteiger partial charge in [-0.3, -0.25) is 4.79 Å². The Bertz CT molecular complexity index is 1100. The molecule has 0 spiro atoms. The molecule has 0 heterocycles. The van der Waals surface area contributed by atoms with Crippen LogP contribution in [0, 0.1) is 5.92 Å². The minimum atomic E-state index is 0.0161. The van der Waals surface area contributed by atoms with Gasteiger partial charge in [-0.25, -0.2) is 0 Å². The van der Waals surface area contributed by atoms with Crippen LogP contribution in [0.3, 0.4) is 0 Å². The van der Waals surface area contributed by atoms with Crippen LogP contribution in [0.2, 0.25) is 10.0 Å². The van der Waals surface area contributed by atoms with E-state index in [1.165, 1.54) is 0 Å². The lowest BCUT2D eigenvalue weighted by Gasteiger charge is -2.14. The summed E-state index contributed by atoms with van der Waals surface area (Å²) < 4.78 is 11.4. The summed E-state index contributed by atoms with van der Waals surface area (Å²) in [7, 11) is 1.61. The van der Waals surface area contributed by atoms with E-state index in [-0.39, 0.29) is 5.91 Å². The number of hydrogen-bond acceptors (Lipinski definition) is 4. The molecule has 0 aliphatic heterocycles. The molecule has 0 saturated heterocycles. The molecule has 174 valence electrons. The molecule has 0 fully saturated rings. The van der Waals surface area contributed by atoms with E-state index in [9.17, 15) is 4.79 Å². The van der Waals surface area contributed by atoms with Gasteiger partial charge in [-0.2, -0.15) is 0 Å². The Labute approximate surface area is 205 Å². The van der Waals surface area contributed by atoms with Crippen molar-refractivity contribution in [3.05, 3.63) is 81.8 Å². The molecule has 0 aliphatic carbocycles. The lowest BCUT2D eigenvalue weighted by molar-refractivity contribution is -0.116. The Morgan fingerprint density at radius 2 is 1.76 bits per heavy atom. The van der Waals surface area contributed by atoms with E-state index in [2.05, 4.69) is 10.6 Å². The van der Waals surface area contributed by atoms with E-state index >= 15 is 0 Å². The molecule has 3 aromatic carbocycles. The number of nitrogens with one attached hydrogen (secondary N) is 2. The number of amides is 1. The molecule has 5 nitrogen and oxygen atoms in total. The molecular formula is C26H28Cl2N2O3. The molecule has 0 unspecified atom stereocenters. The summed E-state index contributed by atoms with van der Waals surface area (Å²) in [6.45, 7) is 4.94. The SMILES string of the molecule is COc1cc(CNc2cccc(NC(=O)CC(C)C)c2)ccc1OCc1ccc(Cl)cc1Cl. The third kappa shape index (κ3) is 7.58. The molecule has 2 N–H and O–H groups in total. The average Bonchev–Trinajstić information content (AvgIpc) is 2.77. The monoisotopic (exact) mass is 486 g/mol. The van der Waals surface area contributed by atoms with Gasteiger partial charge >= 0.3 is 0 Å². The highest BCUT2D eigenvalue weighted by molar-refractivity contribution is 6.35. The fourth-order valence-electron chi connectivity index (χ4n) is 3.23. The van der Waals surface area contributed by atoms with E-state index in [0.29, 0.717) is 47.0 Å². The van der Waals surface area contributed by atoms with E-state index < -0.39 is 0 Å². The van der Waals surface area contributed by atoms with Crippen molar-refractivity contribution in [3.8, 4) is 11.5 Å². The summed E-state index contributed by atoms with van der Waals surface area (Å²) in [5.74, 6) is 1.59. The normalized spacial score (nSPS) is 10.7. The molecule has 0 aliphatic rings. The molecule has 0 radical (unpaired) electrons. The first-order valence-corrected chi connectivity index (χ1v) is 11.5. The first-order valence-electron chi connectivity index (χ1n) is 10.7. The van der Waals surface area contributed by atoms with Crippen molar-refractivity contribution < 1.29 is 14.3 Å². The fraction of sp³-hybridized carbons (Fsp3) is 0.269. The van der Waals surface area contributed by atoms with Gasteiger partial charge in [0, 0.05) is 39.9 Å². The topological polar surface area (TPSA) is 59.6 Å². The predicted octanol–water partition coefficient (Wildman–Crippen LogP) is 7.18. The molecule has 1 amide bonds. The highest BCUT2D eigenvalue weighted by Gasteiger charge is 2.09. The van der Waals surface area contributed by atoms with E-state index in [1.807, 2.05) is 62.4 Å². The summed E-state index contributed by atoms with van der Waals surface area (Å²) in [5.41, 5.74) is 3.55. The zero-order chi connectivity index (χ0) is 23.8. The van der Waals surface area contributed by atoms with Gasteiger partial charge < -0.3 is 20.1 Å². The number of hydrogen-bond donors (Lipinski definition) is 2. The second-order valence-corrected chi connectivity index (χ2v) is 8.93. The van der Waals surface area contributed by atoms with Gasteiger partial charge in [-0.15, -0.1) is 0 Å². The third-order valence-corrected chi connectivity index (χ3v) is 5.45. The molecule has 0 bridgehead atoms. The number of benzene rings is 3. The van der Waals surface area contributed by atoms with Crippen molar-refractivity contribution in [2.75, 3.05) is 17.7 Å². The number of anilines is 2. The number of halogens is 2. The van der Waals surface area contributed by atoms with Crippen LogP contribution < -0.4 is 20.1 Å². The van der Waals surface area contributed by atoms with Crippen LogP contribution in [0.15, 0.2) is 60.7 Å². The molecule has 0 atom stereocenters. The third-order valence-electron chi connectivity index (χ3n) is 4.86. The number of methoxy groups -OCH3 is 1. The van der Waals surface area contributed by atoms with E-state index in [0.717, 1.165) is 22.5 Å². The largest absolute Gasteiger partial charge is 0.493 e. The summed E-state index contributed by atoms with van der Waals surface area (Å²) >= 11 is 12.2. The minimum Gasteiger partial charge on any atom is -0.493 e. The van der Waals surface area contributed by atoms with Crippen LogP contribution in [0.1, 0.15) is 31.4 Å². The Morgan fingerprint density at radius 1 is 0.970 bits per heavy atom. The fourth-order valence-corrected chi connectivity index (χ4v) is 3.69. The second kappa shape index (κ2) is 11.8. The van der Waals surface area contributed by atoms with Gasteiger partial charge in [0.1, 0.15) is 6.61 Å². The lowest BCUT2D eigenvalue weighted by Crippen LogP contribution is -2.13. The lowest BCUT2D eigenvalue weighted by atomic mass is 10.1. The highest BCUT2D eigenvalue weighted by atomic mass is 35.5. The molecule has 3 aromatic rings. The van der Waals surface area contributed by atoms with Crippen LogP contribution in [-0.4, -0.2) is 13.0 Å².